The van der Waals surface area contributed by atoms with Gasteiger partial charge in [0.15, 0.2) is 0 Å². The van der Waals surface area contributed by atoms with Crippen LogP contribution in [0, 0.1) is 5.82 Å². The van der Waals surface area contributed by atoms with Crippen molar-refractivity contribution in [1.29, 1.82) is 0 Å². The fourth-order valence-corrected chi connectivity index (χ4v) is 2.67. The number of hydrogen-bond acceptors (Lipinski definition) is 3. The maximum Gasteiger partial charge on any atom is 0.229 e. The van der Waals surface area contributed by atoms with Crippen molar-refractivity contribution < 1.29 is 9.18 Å². The molecule has 0 bridgehead atoms. The third kappa shape index (κ3) is 4.66. The molecule has 0 aliphatic rings. The molecule has 1 aromatic heterocycles. The Kier molecular flexibility index (Phi) is 5.59. The molecule has 1 amide bonds. The number of rotatable bonds is 6. The SMILES string of the molecule is CCc1ccccc1Nc1ccc(NC(=O)Cc2cccc(F)c2)nc1. The quantitative estimate of drug-likeness (QED) is 0.678. The van der Waals surface area contributed by atoms with E-state index >= 15 is 0 Å². The Balaban J connectivity index is 1.61. The molecule has 5 heteroatoms. The minimum absolute atomic E-state index is 0.101. The number of amides is 1. The molecule has 0 atom stereocenters. The van der Waals surface area contributed by atoms with Crippen LogP contribution < -0.4 is 10.6 Å². The van der Waals surface area contributed by atoms with Crippen molar-refractivity contribution in [2.45, 2.75) is 19.8 Å². The number of halogens is 1. The average molecular weight is 349 g/mol. The second-order valence-corrected chi connectivity index (χ2v) is 5.92. The lowest BCUT2D eigenvalue weighted by atomic mass is 10.1. The molecule has 2 N–H and O–H groups in total. The van der Waals surface area contributed by atoms with E-state index in [1.165, 1.54) is 17.7 Å². The second-order valence-electron chi connectivity index (χ2n) is 5.92. The van der Waals surface area contributed by atoms with Crippen LogP contribution in [-0.2, 0) is 17.6 Å². The van der Waals surface area contributed by atoms with E-state index in [9.17, 15) is 9.18 Å². The minimum atomic E-state index is -0.351. The van der Waals surface area contributed by atoms with Gasteiger partial charge in [-0.1, -0.05) is 37.3 Å². The molecular weight excluding hydrogens is 329 g/mol. The molecule has 26 heavy (non-hydrogen) atoms. The van der Waals surface area contributed by atoms with Crippen molar-refractivity contribution in [3.63, 3.8) is 0 Å². The van der Waals surface area contributed by atoms with Crippen LogP contribution in [0.5, 0.6) is 0 Å². The fraction of sp³-hybridized carbons (Fsp3) is 0.143. The molecule has 132 valence electrons. The van der Waals surface area contributed by atoms with E-state index in [0.29, 0.717) is 11.4 Å². The number of nitrogens with one attached hydrogen (secondary N) is 2. The monoisotopic (exact) mass is 349 g/mol. The molecule has 0 aliphatic carbocycles. The van der Waals surface area contributed by atoms with Crippen LogP contribution in [0.3, 0.4) is 0 Å². The van der Waals surface area contributed by atoms with E-state index in [-0.39, 0.29) is 18.1 Å². The first kappa shape index (κ1) is 17.6. The number of para-hydroxylation sites is 1. The molecule has 0 aliphatic heterocycles. The molecule has 2 aromatic carbocycles. The summed E-state index contributed by atoms with van der Waals surface area (Å²) >= 11 is 0. The first-order chi connectivity index (χ1) is 12.6. The smallest absolute Gasteiger partial charge is 0.229 e. The predicted molar refractivity (Wildman–Crippen MR) is 102 cm³/mol. The average Bonchev–Trinajstić information content (AvgIpc) is 2.64. The first-order valence-corrected chi connectivity index (χ1v) is 8.49. The van der Waals surface area contributed by atoms with Gasteiger partial charge in [-0.15, -0.1) is 0 Å². The standard InChI is InChI=1S/C21H20FN3O/c1-2-16-7-3-4-9-19(16)24-18-10-11-20(23-14-18)25-21(26)13-15-6-5-8-17(22)12-15/h3-12,14,24H,2,13H2,1H3,(H,23,25,26). The molecule has 0 saturated carbocycles. The molecule has 0 unspecified atom stereocenters. The molecule has 0 radical (unpaired) electrons. The highest BCUT2D eigenvalue weighted by Gasteiger charge is 2.06. The van der Waals surface area contributed by atoms with Gasteiger partial charge in [0.25, 0.3) is 0 Å². The Labute approximate surface area is 152 Å². The number of aromatic nitrogens is 1. The number of anilines is 3. The van der Waals surface area contributed by atoms with Gasteiger partial charge in [-0.3, -0.25) is 4.79 Å². The van der Waals surface area contributed by atoms with Gasteiger partial charge in [0.05, 0.1) is 18.3 Å². The third-order valence-electron chi connectivity index (χ3n) is 3.96. The van der Waals surface area contributed by atoms with Gasteiger partial charge in [-0.25, -0.2) is 9.37 Å². The van der Waals surface area contributed by atoms with Crippen LogP contribution in [0.15, 0.2) is 66.9 Å². The highest BCUT2D eigenvalue weighted by Crippen LogP contribution is 2.21. The maximum atomic E-state index is 13.2. The van der Waals surface area contributed by atoms with Gasteiger partial charge in [0.1, 0.15) is 11.6 Å². The van der Waals surface area contributed by atoms with Crippen molar-refractivity contribution in [3.8, 4) is 0 Å². The lowest BCUT2D eigenvalue weighted by molar-refractivity contribution is -0.115. The zero-order valence-electron chi connectivity index (χ0n) is 14.5. The van der Waals surface area contributed by atoms with Crippen LogP contribution in [0.25, 0.3) is 0 Å². The van der Waals surface area contributed by atoms with Crippen molar-refractivity contribution in [3.05, 3.63) is 83.8 Å². The summed E-state index contributed by atoms with van der Waals surface area (Å²) in [5.74, 6) is -0.128. The number of aryl methyl sites for hydroxylation is 1. The summed E-state index contributed by atoms with van der Waals surface area (Å²) in [5, 5.41) is 6.06. The number of nitrogens with zero attached hydrogens (tertiary/aromatic N) is 1. The number of pyridine rings is 1. The van der Waals surface area contributed by atoms with Crippen LogP contribution in [0.1, 0.15) is 18.1 Å². The van der Waals surface area contributed by atoms with Gasteiger partial charge in [0, 0.05) is 5.69 Å². The molecule has 0 fully saturated rings. The molecule has 3 rings (SSSR count). The number of hydrogen-bond donors (Lipinski definition) is 2. The molecular formula is C21H20FN3O. The fourth-order valence-electron chi connectivity index (χ4n) is 2.67. The Hall–Kier alpha value is -3.21. The highest BCUT2D eigenvalue weighted by molar-refractivity contribution is 5.91. The topological polar surface area (TPSA) is 54.0 Å². The number of benzene rings is 2. The molecule has 0 spiro atoms. The Morgan fingerprint density at radius 1 is 1.08 bits per heavy atom. The number of carbonyl (C=O) groups is 1. The van der Waals surface area contributed by atoms with Crippen molar-refractivity contribution in [2.24, 2.45) is 0 Å². The van der Waals surface area contributed by atoms with Gasteiger partial charge in [-0.05, 0) is 47.9 Å². The molecule has 3 aromatic rings. The maximum absolute atomic E-state index is 13.2. The van der Waals surface area contributed by atoms with E-state index in [1.54, 1.807) is 24.4 Å². The van der Waals surface area contributed by atoms with E-state index < -0.39 is 0 Å². The summed E-state index contributed by atoms with van der Waals surface area (Å²) in [6.45, 7) is 2.11. The summed E-state index contributed by atoms with van der Waals surface area (Å²) in [4.78, 5) is 16.3. The van der Waals surface area contributed by atoms with Crippen LogP contribution >= 0.6 is 0 Å². The Morgan fingerprint density at radius 3 is 2.65 bits per heavy atom. The van der Waals surface area contributed by atoms with E-state index in [4.69, 9.17) is 0 Å². The van der Waals surface area contributed by atoms with Gasteiger partial charge >= 0.3 is 0 Å². The summed E-state index contributed by atoms with van der Waals surface area (Å²) < 4.78 is 13.2. The van der Waals surface area contributed by atoms with Crippen LogP contribution in [-0.4, -0.2) is 10.9 Å². The summed E-state index contributed by atoms with van der Waals surface area (Å²) in [6.07, 6.45) is 2.71. The van der Waals surface area contributed by atoms with Crippen LogP contribution in [0.2, 0.25) is 0 Å². The largest absolute Gasteiger partial charge is 0.354 e. The Morgan fingerprint density at radius 2 is 1.92 bits per heavy atom. The zero-order valence-corrected chi connectivity index (χ0v) is 14.5. The number of carbonyl (C=O) groups excluding carboxylic acids is 1. The van der Waals surface area contributed by atoms with E-state index in [2.05, 4.69) is 28.6 Å². The van der Waals surface area contributed by atoms with Crippen molar-refractivity contribution >= 4 is 23.1 Å². The van der Waals surface area contributed by atoms with Crippen molar-refractivity contribution in [2.75, 3.05) is 10.6 Å². The second kappa shape index (κ2) is 8.25. The van der Waals surface area contributed by atoms with Crippen LogP contribution in [0.4, 0.5) is 21.6 Å². The summed E-state index contributed by atoms with van der Waals surface area (Å²) in [7, 11) is 0. The lowest BCUT2D eigenvalue weighted by Gasteiger charge is -2.11. The summed E-state index contributed by atoms with van der Waals surface area (Å²) in [5.41, 5.74) is 3.73. The third-order valence-corrected chi connectivity index (χ3v) is 3.96. The minimum Gasteiger partial charge on any atom is -0.354 e. The van der Waals surface area contributed by atoms with Gasteiger partial charge in [-0.2, -0.15) is 0 Å². The summed E-state index contributed by atoms with van der Waals surface area (Å²) in [6, 6.07) is 17.7. The Bertz CT molecular complexity index is 894. The van der Waals surface area contributed by atoms with E-state index in [1.807, 2.05) is 24.3 Å². The molecule has 0 saturated heterocycles. The van der Waals surface area contributed by atoms with E-state index in [0.717, 1.165) is 17.8 Å². The lowest BCUT2D eigenvalue weighted by Crippen LogP contribution is -2.15. The van der Waals surface area contributed by atoms with Gasteiger partial charge in [0.2, 0.25) is 5.91 Å². The predicted octanol–water partition coefficient (Wildman–Crippen LogP) is 4.71. The van der Waals surface area contributed by atoms with Crippen molar-refractivity contribution in [1.82, 2.24) is 4.98 Å². The van der Waals surface area contributed by atoms with Gasteiger partial charge < -0.3 is 10.6 Å². The highest BCUT2D eigenvalue weighted by atomic mass is 19.1. The molecule has 1 heterocycles. The zero-order chi connectivity index (χ0) is 18.4. The first-order valence-electron chi connectivity index (χ1n) is 8.49. The normalized spacial score (nSPS) is 10.4. The molecule has 4 nitrogen and oxygen atoms in total.